The summed E-state index contributed by atoms with van der Waals surface area (Å²) in [5.41, 5.74) is 2.85. The molecule has 4 aromatic rings. The van der Waals surface area contributed by atoms with Crippen LogP contribution in [-0.2, 0) is 18.3 Å². The number of thioether (sulfide) groups is 1. The molecule has 3 N–H and O–H groups in total. The van der Waals surface area contributed by atoms with Crippen LogP contribution in [0.3, 0.4) is 0 Å². The number of amides is 1. The number of carbonyl (C=O) groups is 1. The van der Waals surface area contributed by atoms with E-state index in [1.807, 2.05) is 41.9 Å². The number of anilines is 1. The van der Waals surface area contributed by atoms with E-state index in [0.29, 0.717) is 28.3 Å². The summed E-state index contributed by atoms with van der Waals surface area (Å²) in [4.78, 5) is 28.9. The van der Waals surface area contributed by atoms with Gasteiger partial charge in [-0.25, -0.2) is 4.79 Å². The van der Waals surface area contributed by atoms with Crippen LogP contribution in [0.5, 0.6) is 0 Å². The molecule has 0 bridgehead atoms. The van der Waals surface area contributed by atoms with Gasteiger partial charge in [-0.2, -0.15) is 0 Å². The lowest BCUT2D eigenvalue weighted by Crippen LogP contribution is -2.14. The smallest absolute Gasteiger partial charge is 0.323 e. The largest absolute Gasteiger partial charge is 0.325 e. The molecular weight excluding hydrogens is 376 g/mol. The van der Waals surface area contributed by atoms with E-state index in [2.05, 4.69) is 25.5 Å². The maximum absolute atomic E-state index is 12.3. The van der Waals surface area contributed by atoms with Crippen LogP contribution in [-0.4, -0.2) is 36.4 Å². The highest BCUT2D eigenvalue weighted by Gasteiger charge is 2.12. The first-order valence-corrected chi connectivity index (χ1v) is 9.64. The average Bonchev–Trinajstić information content (AvgIpc) is 3.22. The third kappa shape index (κ3) is 3.99. The van der Waals surface area contributed by atoms with Gasteiger partial charge in [-0.3, -0.25) is 4.79 Å². The molecule has 28 heavy (non-hydrogen) atoms. The second-order valence-electron chi connectivity index (χ2n) is 6.30. The van der Waals surface area contributed by atoms with Gasteiger partial charge in [0.25, 0.3) is 0 Å². The van der Waals surface area contributed by atoms with Crippen molar-refractivity contribution < 1.29 is 4.79 Å². The van der Waals surface area contributed by atoms with Crippen LogP contribution in [0.1, 0.15) is 11.4 Å². The lowest BCUT2D eigenvalue weighted by atomic mass is 10.1. The standard InChI is InChI=1S/C19H18N6O2S/c1-25-16(9-12-5-3-2-4-6-12)23-24-19(25)28-11-17(26)20-13-7-8-14-15(10-13)22-18(27)21-14/h2-8,10H,9,11H2,1H3,(H,20,26)(H2,21,22,27). The van der Waals surface area contributed by atoms with Crippen molar-refractivity contribution in [1.29, 1.82) is 0 Å². The van der Waals surface area contributed by atoms with Crippen LogP contribution < -0.4 is 11.0 Å². The fraction of sp³-hybridized carbons (Fsp3) is 0.158. The summed E-state index contributed by atoms with van der Waals surface area (Å²) in [5.74, 6) is 0.893. The Labute approximate surface area is 164 Å². The van der Waals surface area contributed by atoms with Gasteiger partial charge < -0.3 is 19.9 Å². The first-order valence-electron chi connectivity index (χ1n) is 8.65. The lowest BCUT2D eigenvalue weighted by molar-refractivity contribution is -0.113. The van der Waals surface area contributed by atoms with Gasteiger partial charge in [-0.05, 0) is 23.8 Å². The first kappa shape index (κ1) is 18.1. The van der Waals surface area contributed by atoms with Gasteiger partial charge in [0.2, 0.25) is 5.91 Å². The number of H-pyrrole nitrogens is 2. The Morgan fingerprint density at radius 1 is 1.11 bits per heavy atom. The normalized spacial score (nSPS) is 11.0. The van der Waals surface area contributed by atoms with Crippen LogP contribution in [0.25, 0.3) is 11.0 Å². The summed E-state index contributed by atoms with van der Waals surface area (Å²) in [7, 11) is 1.90. The van der Waals surface area contributed by atoms with Crippen LogP contribution in [0.15, 0.2) is 58.5 Å². The van der Waals surface area contributed by atoms with Gasteiger partial charge in [-0.1, -0.05) is 42.1 Å². The minimum atomic E-state index is -0.275. The van der Waals surface area contributed by atoms with E-state index >= 15 is 0 Å². The third-order valence-electron chi connectivity index (χ3n) is 4.26. The first-order chi connectivity index (χ1) is 13.6. The zero-order chi connectivity index (χ0) is 19.5. The van der Waals surface area contributed by atoms with Crippen molar-refractivity contribution in [2.45, 2.75) is 11.6 Å². The molecule has 2 aromatic carbocycles. The summed E-state index contributed by atoms with van der Waals surface area (Å²) >= 11 is 1.33. The number of aromatic amines is 2. The SMILES string of the molecule is Cn1c(Cc2ccccc2)nnc1SCC(=O)Nc1ccc2[nH]c(=O)[nH]c2c1. The number of nitrogens with zero attached hydrogens (tertiary/aromatic N) is 3. The number of benzene rings is 2. The Kier molecular flexibility index (Phi) is 4.98. The van der Waals surface area contributed by atoms with Gasteiger partial charge in [0.15, 0.2) is 5.16 Å². The summed E-state index contributed by atoms with van der Waals surface area (Å²) in [6, 6.07) is 15.3. The number of fused-ring (bicyclic) bond motifs is 1. The highest BCUT2D eigenvalue weighted by molar-refractivity contribution is 7.99. The van der Waals surface area contributed by atoms with Crippen LogP contribution in [0.2, 0.25) is 0 Å². The molecule has 0 saturated carbocycles. The van der Waals surface area contributed by atoms with Crippen LogP contribution in [0, 0.1) is 0 Å². The molecular formula is C19H18N6O2S. The fourth-order valence-corrected chi connectivity index (χ4v) is 3.57. The van der Waals surface area contributed by atoms with Gasteiger partial charge in [0.1, 0.15) is 5.82 Å². The predicted molar refractivity (Wildman–Crippen MR) is 109 cm³/mol. The number of imidazole rings is 1. The van der Waals surface area contributed by atoms with E-state index in [1.165, 1.54) is 11.8 Å². The van der Waals surface area contributed by atoms with Gasteiger partial charge in [0.05, 0.1) is 16.8 Å². The Morgan fingerprint density at radius 3 is 2.71 bits per heavy atom. The molecule has 0 aliphatic heterocycles. The second kappa shape index (κ2) is 7.73. The summed E-state index contributed by atoms with van der Waals surface area (Å²) in [5, 5.41) is 11.9. The Balaban J connectivity index is 1.37. The average molecular weight is 394 g/mol. The Hall–Kier alpha value is -3.33. The third-order valence-corrected chi connectivity index (χ3v) is 5.28. The maximum Gasteiger partial charge on any atom is 0.323 e. The summed E-state index contributed by atoms with van der Waals surface area (Å²) < 4.78 is 1.90. The molecule has 4 rings (SSSR count). The number of hydrogen-bond donors (Lipinski definition) is 3. The van der Waals surface area contributed by atoms with E-state index in [0.717, 1.165) is 11.4 Å². The molecule has 0 aliphatic rings. The van der Waals surface area contributed by atoms with E-state index in [-0.39, 0.29) is 17.3 Å². The van der Waals surface area contributed by atoms with Crippen molar-refractivity contribution in [2.24, 2.45) is 7.05 Å². The van der Waals surface area contributed by atoms with Crippen LogP contribution >= 0.6 is 11.8 Å². The molecule has 2 aromatic heterocycles. The quantitative estimate of drug-likeness (QED) is 0.435. The minimum absolute atomic E-state index is 0.158. The van der Waals surface area contributed by atoms with Crippen LogP contribution in [0.4, 0.5) is 5.69 Å². The zero-order valence-electron chi connectivity index (χ0n) is 15.1. The zero-order valence-corrected chi connectivity index (χ0v) is 15.9. The molecule has 0 unspecified atom stereocenters. The van der Waals surface area contributed by atoms with Crippen molar-refractivity contribution in [3.05, 3.63) is 70.4 Å². The number of hydrogen-bond acceptors (Lipinski definition) is 5. The molecule has 0 spiro atoms. The summed E-state index contributed by atoms with van der Waals surface area (Å²) in [6.07, 6.45) is 0.686. The molecule has 9 heteroatoms. The topological polar surface area (TPSA) is 108 Å². The summed E-state index contributed by atoms with van der Waals surface area (Å²) in [6.45, 7) is 0. The van der Waals surface area contributed by atoms with E-state index in [4.69, 9.17) is 0 Å². The Morgan fingerprint density at radius 2 is 1.89 bits per heavy atom. The molecule has 2 heterocycles. The fourth-order valence-electron chi connectivity index (χ4n) is 2.84. The molecule has 142 valence electrons. The van der Waals surface area contributed by atoms with E-state index < -0.39 is 0 Å². The van der Waals surface area contributed by atoms with Crippen molar-refractivity contribution >= 4 is 34.4 Å². The lowest BCUT2D eigenvalue weighted by Gasteiger charge is -2.06. The van der Waals surface area contributed by atoms with E-state index in [9.17, 15) is 9.59 Å². The number of carbonyl (C=O) groups excluding carboxylic acids is 1. The van der Waals surface area contributed by atoms with Crippen molar-refractivity contribution in [3.63, 3.8) is 0 Å². The second-order valence-corrected chi connectivity index (χ2v) is 7.24. The minimum Gasteiger partial charge on any atom is -0.325 e. The molecule has 0 saturated heterocycles. The molecule has 0 aliphatic carbocycles. The maximum atomic E-state index is 12.3. The molecule has 0 fully saturated rings. The predicted octanol–water partition coefficient (Wildman–Crippen LogP) is 2.31. The highest BCUT2D eigenvalue weighted by Crippen LogP contribution is 2.19. The van der Waals surface area contributed by atoms with Crippen molar-refractivity contribution in [2.75, 3.05) is 11.1 Å². The van der Waals surface area contributed by atoms with E-state index in [1.54, 1.807) is 18.2 Å². The number of rotatable bonds is 6. The highest BCUT2D eigenvalue weighted by atomic mass is 32.2. The molecule has 1 amide bonds. The number of aromatic nitrogens is 5. The van der Waals surface area contributed by atoms with Crippen molar-refractivity contribution in [1.82, 2.24) is 24.7 Å². The monoisotopic (exact) mass is 394 g/mol. The van der Waals surface area contributed by atoms with Crippen molar-refractivity contribution in [3.8, 4) is 0 Å². The molecule has 0 atom stereocenters. The number of nitrogens with one attached hydrogen (secondary N) is 3. The molecule has 0 radical (unpaired) electrons. The Bertz CT molecular complexity index is 1180. The van der Waals surface area contributed by atoms with Gasteiger partial charge in [-0.15, -0.1) is 10.2 Å². The molecule has 8 nitrogen and oxygen atoms in total. The van der Waals surface area contributed by atoms with Gasteiger partial charge in [0, 0.05) is 19.2 Å². The van der Waals surface area contributed by atoms with Gasteiger partial charge >= 0.3 is 5.69 Å².